The highest BCUT2D eigenvalue weighted by atomic mass is 19.4. The van der Waals surface area contributed by atoms with Gasteiger partial charge in [-0.15, -0.1) is 13.2 Å². The molecule has 1 heterocycles. The lowest BCUT2D eigenvalue weighted by molar-refractivity contribution is -0.274. The molecule has 0 aliphatic rings. The molecule has 4 nitrogen and oxygen atoms in total. The number of amides is 1. The van der Waals surface area contributed by atoms with Gasteiger partial charge in [-0.2, -0.15) is 0 Å². The Morgan fingerprint density at radius 2 is 1.88 bits per heavy atom. The third-order valence-electron chi connectivity index (χ3n) is 3.61. The molecule has 1 amide bonds. The molecule has 0 saturated carbocycles. The molecule has 0 aliphatic carbocycles. The fraction of sp³-hybridized carbons (Fsp3) is 0.167. The molecular weight excluding hydrogens is 333 g/mol. The fourth-order valence-electron chi connectivity index (χ4n) is 2.51. The molecule has 7 heteroatoms. The van der Waals surface area contributed by atoms with E-state index in [9.17, 15) is 18.0 Å². The number of ether oxygens (including phenoxy) is 1. The number of benzene rings is 2. The molecule has 25 heavy (non-hydrogen) atoms. The number of hydrogen-bond donors (Lipinski definition) is 2. The van der Waals surface area contributed by atoms with Gasteiger partial charge in [-0.05, 0) is 36.2 Å². The van der Waals surface area contributed by atoms with Gasteiger partial charge < -0.3 is 15.0 Å². The summed E-state index contributed by atoms with van der Waals surface area (Å²) in [5, 5.41) is 3.68. The van der Waals surface area contributed by atoms with E-state index in [1.807, 2.05) is 24.3 Å². The minimum Gasteiger partial charge on any atom is -0.406 e. The number of rotatable bonds is 5. The van der Waals surface area contributed by atoms with Crippen molar-refractivity contribution in [2.75, 3.05) is 6.54 Å². The topological polar surface area (TPSA) is 54.1 Å². The number of hydrogen-bond acceptors (Lipinski definition) is 2. The van der Waals surface area contributed by atoms with Crippen LogP contribution in [0.15, 0.2) is 54.6 Å². The molecule has 2 N–H and O–H groups in total. The zero-order valence-corrected chi connectivity index (χ0v) is 13.1. The average molecular weight is 348 g/mol. The zero-order valence-electron chi connectivity index (χ0n) is 13.1. The second kappa shape index (κ2) is 6.88. The maximum absolute atomic E-state index is 12.2. The van der Waals surface area contributed by atoms with Gasteiger partial charge in [-0.3, -0.25) is 4.79 Å². The van der Waals surface area contributed by atoms with Crippen molar-refractivity contribution in [1.29, 1.82) is 0 Å². The van der Waals surface area contributed by atoms with Gasteiger partial charge in [0.15, 0.2) is 0 Å². The molecule has 130 valence electrons. The van der Waals surface area contributed by atoms with Gasteiger partial charge in [0.25, 0.3) is 5.91 Å². The number of para-hydroxylation sites is 1. The van der Waals surface area contributed by atoms with Crippen LogP contribution < -0.4 is 10.1 Å². The van der Waals surface area contributed by atoms with Crippen molar-refractivity contribution in [2.24, 2.45) is 0 Å². The lowest BCUT2D eigenvalue weighted by Gasteiger charge is -2.10. The minimum absolute atomic E-state index is 0.265. The van der Waals surface area contributed by atoms with Gasteiger partial charge >= 0.3 is 6.36 Å². The van der Waals surface area contributed by atoms with Crippen molar-refractivity contribution in [2.45, 2.75) is 12.8 Å². The summed E-state index contributed by atoms with van der Waals surface area (Å²) in [5.74, 6) is -0.536. The van der Waals surface area contributed by atoms with E-state index >= 15 is 0 Å². The Labute approximate surface area is 141 Å². The van der Waals surface area contributed by atoms with Crippen molar-refractivity contribution in [3.05, 3.63) is 65.9 Å². The van der Waals surface area contributed by atoms with Gasteiger partial charge in [-0.25, -0.2) is 0 Å². The Morgan fingerprint density at radius 3 is 2.64 bits per heavy atom. The van der Waals surface area contributed by atoms with Crippen LogP contribution in [0.5, 0.6) is 5.75 Å². The average Bonchev–Trinajstić information content (AvgIpc) is 2.97. The quantitative estimate of drug-likeness (QED) is 0.731. The first-order valence-electron chi connectivity index (χ1n) is 7.61. The van der Waals surface area contributed by atoms with Crippen LogP contribution >= 0.6 is 0 Å². The number of alkyl halides is 3. The predicted molar refractivity (Wildman–Crippen MR) is 87.5 cm³/mol. The highest BCUT2D eigenvalue weighted by molar-refractivity contribution is 5.97. The number of carbonyl (C=O) groups excluding carboxylic acids is 1. The summed E-state index contributed by atoms with van der Waals surface area (Å²) >= 11 is 0. The molecular formula is C18H15F3N2O2. The fourth-order valence-corrected chi connectivity index (χ4v) is 2.51. The van der Waals surface area contributed by atoms with E-state index in [1.165, 1.54) is 18.2 Å². The SMILES string of the molecule is O=C(NCCc1cccc(OC(F)(F)F)c1)c1cc2ccccc2[nH]1. The van der Waals surface area contributed by atoms with Crippen LogP contribution in [0.3, 0.4) is 0 Å². The first-order valence-corrected chi connectivity index (χ1v) is 7.61. The molecule has 0 atom stereocenters. The van der Waals surface area contributed by atoms with Gasteiger partial charge in [0.05, 0.1) is 0 Å². The molecule has 0 spiro atoms. The maximum atomic E-state index is 12.2. The number of aromatic amines is 1. The lowest BCUT2D eigenvalue weighted by Crippen LogP contribution is -2.26. The van der Waals surface area contributed by atoms with E-state index in [1.54, 1.807) is 12.1 Å². The van der Waals surface area contributed by atoms with Crippen LogP contribution in [0.25, 0.3) is 10.9 Å². The summed E-state index contributed by atoms with van der Waals surface area (Å²) < 4.78 is 40.6. The largest absolute Gasteiger partial charge is 0.573 e. The molecule has 0 unspecified atom stereocenters. The summed E-state index contributed by atoms with van der Waals surface area (Å²) in [5.41, 5.74) is 1.94. The van der Waals surface area contributed by atoms with E-state index in [4.69, 9.17) is 0 Å². The highest BCUT2D eigenvalue weighted by Gasteiger charge is 2.31. The smallest absolute Gasteiger partial charge is 0.406 e. The molecule has 2 aromatic carbocycles. The Morgan fingerprint density at radius 1 is 1.08 bits per heavy atom. The molecule has 0 saturated heterocycles. The Balaban J connectivity index is 1.57. The second-order valence-corrected chi connectivity index (χ2v) is 5.47. The number of halogens is 3. The lowest BCUT2D eigenvalue weighted by atomic mass is 10.1. The highest BCUT2D eigenvalue weighted by Crippen LogP contribution is 2.23. The van der Waals surface area contributed by atoms with Gasteiger partial charge in [0.2, 0.25) is 0 Å². The van der Waals surface area contributed by atoms with Crippen molar-refractivity contribution < 1.29 is 22.7 Å². The Hall–Kier alpha value is -2.96. The van der Waals surface area contributed by atoms with Crippen LogP contribution in [0.4, 0.5) is 13.2 Å². The van der Waals surface area contributed by atoms with Crippen LogP contribution in [-0.4, -0.2) is 23.8 Å². The van der Waals surface area contributed by atoms with Gasteiger partial charge in [0.1, 0.15) is 11.4 Å². The van der Waals surface area contributed by atoms with Crippen molar-refractivity contribution in [3.8, 4) is 5.75 Å². The number of H-pyrrole nitrogens is 1. The van der Waals surface area contributed by atoms with E-state index < -0.39 is 6.36 Å². The summed E-state index contributed by atoms with van der Waals surface area (Å²) in [4.78, 5) is 15.2. The molecule has 0 aliphatic heterocycles. The summed E-state index contributed by atoms with van der Waals surface area (Å²) in [6.45, 7) is 0.295. The maximum Gasteiger partial charge on any atom is 0.573 e. The van der Waals surface area contributed by atoms with Crippen LogP contribution in [0.2, 0.25) is 0 Å². The minimum atomic E-state index is -4.72. The molecule has 0 fully saturated rings. The Kier molecular flexibility index (Phi) is 4.65. The number of fused-ring (bicyclic) bond motifs is 1. The summed E-state index contributed by atoms with van der Waals surface area (Å²) in [7, 11) is 0. The third-order valence-corrected chi connectivity index (χ3v) is 3.61. The van der Waals surface area contributed by atoms with Crippen LogP contribution in [0, 0.1) is 0 Å². The van der Waals surface area contributed by atoms with Crippen molar-refractivity contribution in [1.82, 2.24) is 10.3 Å². The number of nitrogens with one attached hydrogen (secondary N) is 2. The van der Waals surface area contributed by atoms with E-state index in [2.05, 4.69) is 15.0 Å². The normalized spacial score (nSPS) is 11.5. The number of aromatic nitrogens is 1. The van der Waals surface area contributed by atoms with Crippen molar-refractivity contribution in [3.63, 3.8) is 0 Å². The molecule has 0 bridgehead atoms. The van der Waals surface area contributed by atoms with Crippen LogP contribution in [-0.2, 0) is 6.42 Å². The molecule has 3 aromatic rings. The molecule has 3 rings (SSSR count). The number of carbonyl (C=O) groups is 1. The Bertz CT molecular complexity index is 854. The first-order chi connectivity index (χ1) is 11.9. The standard InChI is InChI=1S/C18H15F3N2O2/c19-18(20,21)25-14-6-3-4-12(10-14)8-9-22-17(24)16-11-13-5-1-2-7-15(13)23-16/h1-7,10-11,23H,8-9H2,(H,22,24). The predicted octanol–water partition coefficient (Wildman–Crippen LogP) is 4.04. The van der Waals surface area contributed by atoms with E-state index in [0.29, 0.717) is 24.2 Å². The molecule has 1 aromatic heterocycles. The van der Waals surface area contributed by atoms with E-state index in [0.717, 1.165) is 10.9 Å². The second-order valence-electron chi connectivity index (χ2n) is 5.47. The molecule has 0 radical (unpaired) electrons. The zero-order chi connectivity index (χ0) is 17.9. The van der Waals surface area contributed by atoms with Gasteiger partial charge in [0, 0.05) is 17.4 Å². The summed E-state index contributed by atoms with van der Waals surface area (Å²) in [6, 6.07) is 15.0. The first kappa shape index (κ1) is 16.9. The van der Waals surface area contributed by atoms with Crippen molar-refractivity contribution >= 4 is 16.8 Å². The van der Waals surface area contributed by atoms with Crippen LogP contribution in [0.1, 0.15) is 16.1 Å². The van der Waals surface area contributed by atoms with Gasteiger partial charge in [-0.1, -0.05) is 30.3 Å². The monoisotopic (exact) mass is 348 g/mol. The third kappa shape index (κ3) is 4.53. The van der Waals surface area contributed by atoms with E-state index in [-0.39, 0.29) is 11.7 Å². The summed E-state index contributed by atoms with van der Waals surface area (Å²) in [6.07, 6.45) is -4.33.